The fourth-order valence-electron chi connectivity index (χ4n) is 2.53. The Hall–Kier alpha value is -1.10. The molecule has 0 bridgehead atoms. The highest BCUT2D eigenvalue weighted by atomic mass is 16.4. The highest BCUT2D eigenvalue weighted by molar-refractivity contribution is 5.85. The van der Waals surface area contributed by atoms with Gasteiger partial charge in [-0.15, -0.1) is 0 Å². The van der Waals surface area contributed by atoms with Crippen molar-refractivity contribution in [3.63, 3.8) is 0 Å². The number of nitrogens with one attached hydrogen (secondary N) is 1. The summed E-state index contributed by atoms with van der Waals surface area (Å²) in [4.78, 5) is 23.0. The summed E-state index contributed by atoms with van der Waals surface area (Å²) in [5, 5.41) is 20.6. The maximum Gasteiger partial charge on any atom is 0.310 e. The van der Waals surface area contributed by atoms with Crippen molar-refractivity contribution in [2.24, 2.45) is 5.41 Å². The molecule has 0 heterocycles. The lowest BCUT2D eigenvalue weighted by Crippen LogP contribution is -2.36. The van der Waals surface area contributed by atoms with Gasteiger partial charge in [-0.05, 0) is 32.1 Å². The van der Waals surface area contributed by atoms with Crippen molar-refractivity contribution in [3.05, 3.63) is 0 Å². The fourth-order valence-corrected chi connectivity index (χ4v) is 2.53. The van der Waals surface area contributed by atoms with Gasteiger partial charge in [-0.1, -0.05) is 12.8 Å². The summed E-state index contributed by atoms with van der Waals surface area (Å²) in [6.07, 6.45) is 5.57. The van der Waals surface area contributed by atoms with Crippen LogP contribution in [0.2, 0.25) is 0 Å². The van der Waals surface area contributed by atoms with Crippen molar-refractivity contribution in [1.82, 2.24) is 5.32 Å². The van der Waals surface area contributed by atoms with E-state index in [9.17, 15) is 14.7 Å². The second-order valence-electron chi connectivity index (χ2n) is 5.10. The number of hydrogen-bond acceptors (Lipinski definition) is 3. The molecule has 0 atom stereocenters. The fraction of sp³-hybridized carbons (Fsp3) is 0.846. The van der Waals surface area contributed by atoms with Crippen molar-refractivity contribution < 1.29 is 19.8 Å². The van der Waals surface area contributed by atoms with Crippen LogP contribution in [0.1, 0.15) is 51.4 Å². The molecule has 1 aliphatic rings. The van der Waals surface area contributed by atoms with E-state index >= 15 is 0 Å². The van der Waals surface area contributed by atoms with Crippen LogP contribution in [0, 0.1) is 5.41 Å². The molecule has 0 unspecified atom stereocenters. The predicted molar refractivity (Wildman–Crippen MR) is 67.1 cm³/mol. The van der Waals surface area contributed by atoms with Gasteiger partial charge in [0.25, 0.3) is 0 Å². The lowest BCUT2D eigenvalue weighted by molar-refractivity contribution is -0.151. The van der Waals surface area contributed by atoms with E-state index in [-0.39, 0.29) is 18.9 Å². The zero-order chi connectivity index (χ0) is 13.4. The van der Waals surface area contributed by atoms with Gasteiger partial charge in [0.1, 0.15) is 0 Å². The number of aliphatic hydroxyl groups excluding tert-OH is 1. The number of carboxylic acids is 1. The minimum Gasteiger partial charge on any atom is -0.481 e. The van der Waals surface area contributed by atoms with E-state index in [2.05, 4.69) is 5.32 Å². The van der Waals surface area contributed by atoms with Crippen LogP contribution >= 0.6 is 0 Å². The van der Waals surface area contributed by atoms with Gasteiger partial charge in [0.05, 0.1) is 5.41 Å². The number of carboxylic acid groups (broad SMARTS) is 1. The number of aliphatic carboxylic acids is 1. The predicted octanol–water partition coefficient (Wildman–Crippen LogP) is 1.30. The average Bonchev–Trinajstić information content (AvgIpc) is 2.78. The summed E-state index contributed by atoms with van der Waals surface area (Å²) >= 11 is 0. The highest BCUT2D eigenvalue weighted by Gasteiger charge is 2.42. The highest BCUT2D eigenvalue weighted by Crippen LogP contribution is 2.41. The summed E-state index contributed by atoms with van der Waals surface area (Å²) < 4.78 is 0. The van der Waals surface area contributed by atoms with Crippen molar-refractivity contribution in [2.45, 2.75) is 51.4 Å². The monoisotopic (exact) mass is 257 g/mol. The van der Waals surface area contributed by atoms with E-state index in [1.54, 1.807) is 0 Å². The van der Waals surface area contributed by atoms with E-state index < -0.39 is 11.4 Å². The SMILES string of the molecule is O=C(CC1(C(=O)O)CCCC1)NCCCCCO. The van der Waals surface area contributed by atoms with Crippen LogP contribution < -0.4 is 5.32 Å². The number of unbranched alkanes of at least 4 members (excludes halogenated alkanes) is 2. The minimum absolute atomic E-state index is 0.0995. The van der Waals surface area contributed by atoms with E-state index in [1.165, 1.54) is 0 Å². The summed E-state index contributed by atoms with van der Waals surface area (Å²) in [6.45, 7) is 0.741. The Morgan fingerprint density at radius 3 is 2.33 bits per heavy atom. The van der Waals surface area contributed by atoms with Crippen molar-refractivity contribution >= 4 is 11.9 Å². The lowest BCUT2D eigenvalue weighted by Gasteiger charge is -2.22. The number of carbonyl (C=O) groups excluding carboxylic acids is 1. The second kappa shape index (κ2) is 7.36. The standard InChI is InChI=1S/C13H23NO4/c15-9-5-1-4-8-14-11(16)10-13(12(17)18)6-2-3-7-13/h15H,1-10H2,(H,14,16)(H,17,18). The lowest BCUT2D eigenvalue weighted by atomic mass is 9.82. The molecule has 0 radical (unpaired) electrons. The third-order valence-electron chi connectivity index (χ3n) is 3.67. The van der Waals surface area contributed by atoms with Gasteiger partial charge in [0.15, 0.2) is 0 Å². The third-order valence-corrected chi connectivity index (χ3v) is 3.67. The molecule has 0 spiro atoms. The van der Waals surface area contributed by atoms with Gasteiger partial charge in [0, 0.05) is 19.6 Å². The van der Waals surface area contributed by atoms with Crippen LogP contribution in [0.3, 0.4) is 0 Å². The smallest absolute Gasteiger partial charge is 0.310 e. The Bertz CT molecular complexity index is 285. The number of rotatable bonds is 8. The minimum atomic E-state index is -0.838. The van der Waals surface area contributed by atoms with Crippen LogP contribution in [-0.2, 0) is 9.59 Å². The molecule has 5 heteroatoms. The maximum absolute atomic E-state index is 11.7. The second-order valence-corrected chi connectivity index (χ2v) is 5.10. The Morgan fingerprint density at radius 2 is 1.78 bits per heavy atom. The summed E-state index contributed by atoms with van der Waals surface area (Å²) in [7, 11) is 0. The molecule has 5 nitrogen and oxygen atoms in total. The zero-order valence-corrected chi connectivity index (χ0v) is 10.8. The van der Waals surface area contributed by atoms with E-state index in [0.29, 0.717) is 19.4 Å². The molecule has 1 fully saturated rings. The number of carbonyl (C=O) groups is 2. The van der Waals surface area contributed by atoms with Crippen LogP contribution in [0.5, 0.6) is 0 Å². The van der Waals surface area contributed by atoms with Crippen molar-refractivity contribution in [2.75, 3.05) is 13.2 Å². The van der Waals surface area contributed by atoms with Crippen LogP contribution in [-0.4, -0.2) is 35.2 Å². The van der Waals surface area contributed by atoms with Gasteiger partial charge in [-0.2, -0.15) is 0 Å². The van der Waals surface area contributed by atoms with Crippen LogP contribution in [0.25, 0.3) is 0 Å². The van der Waals surface area contributed by atoms with E-state index in [4.69, 9.17) is 5.11 Å². The topological polar surface area (TPSA) is 86.6 Å². The molecule has 0 aromatic carbocycles. The molecule has 1 saturated carbocycles. The number of hydrogen-bond donors (Lipinski definition) is 3. The Kier molecular flexibility index (Phi) is 6.12. The average molecular weight is 257 g/mol. The molecule has 0 saturated heterocycles. The van der Waals surface area contributed by atoms with Crippen molar-refractivity contribution in [1.29, 1.82) is 0 Å². The summed E-state index contributed by atoms with van der Waals surface area (Å²) in [5.74, 6) is -1.00. The first-order valence-electron chi connectivity index (χ1n) is 6.72. The molecular formula is C13H23NO4. The van der Waals surface area contributed by atoms with E-state index in [1.807, 2.05) is 0 Å². The first-order chi connectivity index (χ1) is 8.60. The maximum atomic E-state index is 11.7. The molecule has 18 heavy (non-hydrogen) atoms. The first kappa shape index (κ1) is 15.0. The molecule has 0 aromatic heterocycles. The molecular weight excluding hydrogens is 234 g/mol. The van der Waals surface area contributed by atoms with Gasteiger partial charge in [-0.25, -0.2) is 0 Å². The first-order valence-corrected chi connectivity index (χ1v) is 6.72. The van der Waals surface area contributed by atoms with Gasteiger partial charge < -0.3 is 15.5 Å². The number of aliphatic hydroxyl groups is 1. The molecule has 3 N–H and O–H groups in total. The summed E-state index contributed by atoms with van der Waals surface area (Å²) in [5.41, 5.74) is -0.824. The molecule has 1 amide bonds. The molecule has 104 valence electrons. The Labute approximate surface area is 108 Å². The molecule has 0 aromatic rings. The van der Waals surface area contributed by atoms with E-state index in [0.717, 1.165) is 32.1 Å². The van der Waals surface area contributed by atoms with Gasteiger partial charge >= 0.3 is 5.97 Å². The van der Waals surface area contributed by atoms with Gasteiger partial charge in [-0.3, -0.25) is 9.59 Å². The van der Waals surface area contributed by atoms with Crippen LogP contribution in [0.15, 0.2) is 0 Å². The zero-order valence-electron chi connectivity index (χ0n) is 10.8. The largest absolute Gasteiger partial charge is 0.481 e. The summed E-state index contributed by atoms with van der Waals surface area (Å²) in [6, 6.07) is 0. The normalized spacial score (nSPS) is 17.6. The van der Waals surface area contributed by atoms with Crippen LogP contribution in [0.4, 0.5) is 0 Å². The Morgan fingerprint density at radius 1 is 1.11 bits per heavy atom. The molecule has 0 aliphatic heterocycles. The number of amides is 1. The Balaban J connectivity index is 2.27. The van der Waals surface area contributed by atoms with Crippen molar-refractivity contribution in [3.8, 4) is 0 Å². The molecule has 1 aliphatic carbocycles. The van der Waals surface area contributed by atoms with Gasteiger partial charge in [0.2, 0.25) is 5.91 Å². The molecule has 1 rings (SSSR count). The third kappa shape index (κ3) is 4.29. The quantitative estimate of drug-likeness (QED) is 0.572.